The molecule has 1 rings (SSSR count). The number of aryl methyl sites for hydroxylation is 1. The molecule has 1 N–H and O–H groups in total. The van der Waals surface area contributed by atoms with E-state index in [0.29, 0.717) is 11.5 Å². The Morgan fingerprint density at radius 1 is 0.964 bits per heavy atom. The molecule has 0 aromatic heterocycles. The summed E-state index contributed by atoms with van der Waals surface area (Å²) in [6.45, 7) is 3.62. The molecule has 0 amide bonds. The van der Waals surface area contributed by atoms with Gasteiger partial charge in [-0.25, -0.2) is 0 Å². The number of benzene rings is 1. The SMILES string of the molecule is CCCCCC/C=C\CCCCCCCc1cc(O)cc(OC)c1OC(C)=O. The average Bonchev–Trinajstić information content (AvgIpc) is 2.66. The highest BCUT2D eigenvalue weighted by molar-refractivity contribution is 5.71. The monoisotopic (exact) mass is 390 g/mol. The van der Waals surface area contributed by atoms with E-state index in [1.165, 1.54) is 77.9 Å². The third kappa shape index (κ3) is 10.4. The normalized spacial score (nSPS) is 11.1. The Labute approximate surface area is 170 Å². The average molecular weight is 391 g/mol. The van der Waals surface area contributed by atoms with Crippen LogP contribution in [-0.2, 0) is 11.2 Å². The van der Waals surface area contributed by atoms with Gasteiger partial charge in [0, 0.05) is 18.6 Å². The molecule has 0 atom stereocenters. The topological polar surface area (TPSA) is 55.8 Å². The lowest BCUT2D eigenvalue weighted by Gasteiger charge is -2.14. The van der Waals surface area contributed by atoms with E-state index >= 15 is 0 Å². The zero-order chi connectivity index (χ0) is 20.6. The van der Waals surface area contributed by atoms with Crippen LogP contribution in [0.25, 0.3) is 0 Å². The predicted molar refractivity (Wildman–Crippen MR) is 115 cm³/mol. The molecule has 1 aromatic rings. The van der Waals surface area contributed by atoms with Gasteiger partial charge in [-0.15, -0.1) is 0 Å². The van der Waals surface area contributed by atoms with E-state index in [-0.39, 0.29) is 11.7 Å². The van der Waals surface area contributed by atoms with E-state index in [4.69, 9.17) is 9.47 Å². The zero-order valence-electron chi connectivity index (χ0n) is 18.0. The molecule has 0 spiro atoms. The van der Waals surface area contributed by atoms with E-state index in [0.717, 1.165) is 24.8 Å². The van der Waals surface area contributed by atoms with Gasteiger partial charge >= 0.3 is 5.97 Å². The minimum atomic E-state index is -0.386. The Morgan fingerprint density at radius 2 is 1.57 bits per heavy atom. The Morgan fingerprint density at radius 3 is 2.18 bits per heavy atom. The maximum atomic E-state index is 11.4. The quantitative estimate of drug-likeness (QED) is 0.156. The lowest BCUT2D eigenvalue weighted by atomic mass is 10.0. The van der Waals surface area contributed by atoms with Crippen LogP contribution >= 0.6 is 0 Å². The summed E-state index contributed by atoms with van der Waals surface area (Å²) in [6.07, 6.45) is 18.9. The van der Waals surface area contributed by atoms with Crippen LogP contribution in [0.15, 0.2) is 24.3 Å². The lowest BCUT2D eigenvalue weighted by molar-refractivity contribution is -0.132. The summed E-state index contributed by atoms with van der Waals surface area (Å²) < 4.78 is 10.5. The van der Waals surface area contributed by atoms with Crippen LogP contribution in [0.5, 0.6) is 17.2 Å². The number of methoxy groups -OCH3 is 1. The molecule has 158 valence electrons. The number of aromatic hydroxyl groups is 1. The van der Waals surface area contributed by atoms with Crippen molar-refractivity contribution in [1.29, 1.82) is 0 Å². The lowest BCUT2D eigenvalue weighted by Crippen LogP contribution is -2.06. The van der Waals surface area contributed by atoms with Gasteiger partial charge in [-0.05, 0) is 44.6 Å². The number of phenolic OH excluding ortho intramolecular Hbond substituents is 1. The number of rotatable bonds is 15. The minimum Gasteiger partial charge on any atom is -0.508 e. The van der Waals surface area contributed by atoms with Gasteiger partial charge in [0.15, 0.2) is 11.5 Å². The molecule has 0 aliphatic heterocycles. The molecule has 4 heteroatoms. The van der Waals surface area contributed by atoms with Crippen LogP contribution in [0.2, 0.25) is 0 Å². The molecule has 0 saturated carbocycles. The molecule has 28 heavy (non-hydrogen) atoms. The van der Waals surface area contributed by atoms with Crippen LogP contribution in [0.4, 0.5) is 0 Å². The Hall–Kier alpha value is -1.97. The number of ether oxygens (including phenoxy) is 2. The van der Waals surface area contributed by atoms with Gasteiger partial charge in [0.1, 0.15) is 5.75 Å². The Balaban J connectivity index is 2.25. The van der Waals surface area contributed by atoms with Crippen molar-refractivity contribution in [3.05, 3.63) is 29.8 Å². The van der Waals surface area contributed by atoms with Crippen molar-refractivity contribution < 1.29 is 19.4 Å². The second-order valence-corrected chi connectivity index (χ2v) is 7.36. The van der Waals surface area contributed by atoms with Crippen molar-refractivity contribution >= 4 is 5.97 Å². The van der Waals surface area contributed by atoms with Gasteiger partial charge in [0.05, 0.1) is 7.11 Å². The first-order valence-corrected chi connectivity index (χ1v) is 10.8. The molecule has 1 aromatic carbocycles. The van der Waals surface area contributed by atoms with E-state index in [9.17, 15) is 9.90 Å². The standard InChI is InChI=1S/C24H38O4/c1-4-5-6-7-8-9-10-11-12-13-14-15-16-17-21-18-22(26)19-23(27-3)24(21)28-20(2)25/h9-10,18-19,26H,4-8,11-17H2,1-3H3/b10-9-. The summed E-state index contributed by atoms with van der Waals surface area (Å²) in [5.41, 5.74) is 0.818. The molecule has 0 heterocycles. The third-order valence-corrected chi connectivity index (χ3v) is 4.79. The number of unbranched alkanes of at least 4 members (excludes halogenated alkanes) is 9. The first-order valence-electron chi connectivity index (χ1n) is 10.8. The number of allylic oxidation sites excluding steroid dienone is 2. The fourth-order valence-corrected chi connectivity index (χ4v) is 3.27. The fraction of sp³-hybridized carbons (Fsp3) is 0.625. The highest BCUT2D eigenvalue weighted by Gasteiger charge is 2.15. The fourth-order valence-electron chi connectivity index (χ4n) is 3.27. The third-order valence-electron chi connectivity index (χ3n) is 4.79. The first-order chi connectivity index (χ1) is 13.6. The second kappa shape index (κ2) is 15.0. The van der Waals surface area contributed by atoms with Crippen LogP contribution in [-0.4, -0.2) is 18.2 Å². The molecule has 0 unspecified atom stereocenters. The van der Waals surface area contributed by atoms with Gasteiger partial charge in [0.25, 0.3) is 0 Å². The van der Waals surface area contributed by atoms with E-state index < -0.39 is 0 Å². The summed E-state index contributed by atoms with van der Waals surface area (Å²) in [6, 6.07) is 3.13. The van der Waals surface area contributed by atoms with Gasteiger partial charge in [0.2, 0.25) is 0 Å². The minimum absolute atomic E-state index is 0.129. The van der Waals surface area contributed by atoms with Crippen molar-refractivity contribution in [1.82, 2.24) is 0 Å². The molecule has 0 aliphatic carbocycles. The van der Waals surface area contributed by atoms with Gasteiger partial charge in [-0.1, -0.05) is 57.6 Å². The summed E-state index contributed by atoms with van der Waals surface area (Å²) in [5, 5.41) is 9.86. The molecule has 0 radical (unpaired) electrons. The molecule has 0 saturated heterocycles. The maximum Gasteiger partial charge on any atom is 0.308 e. The summed E-state index contributed by atoms with van der Waals surface area (Å²) in [5.74, 6) is 0.566. The zero-order valence-corrected chi connectivity index (χ0v) is 18.0. The maximum absolute atomic E-state index is 11.4. The number of hydrogen-bond donors (Lipinski definition) is 1. The number of phenols is 1. The molecule has 0 aliphatic rings. The number of carbonyl (C=O) groups is 1. The second-order valence-electron chi connectivity index (χ2n) is 7.36. The molecular weight excluding hydrogens is 352 g/mol. The summed E-state index contributed by atoms with van der Waals surface area (Å²) >= 11 is 0. The molecular formula is C24H38O4. The van der Waals surface area contributed by atoms with Gasteiger partial charge in [-0.2, -0.15) is 0 Å². The van der Waals surface area contributed by atoms with Crippen molar-refractivity contribution in [2.75, 3.05) is 7.11 Å². The van der Waals surface area contributed by atoms with Crippen LogP contribution in [0, 0.1) is 0 Å². The van der Waals surface area contributed by atoms with Crippen molar-refractivity contribution in [3.8, 4) is 17.2 Å². The van der Waals surface area contributed by atoms with Crippen molar-refractivity contribution in [3.63, 3.8) is 0 Å². The molecule has 0 bridgehead atoms. The van der Waals surface area contributed by atoms with Crippen LogP contribution in [0.3, 0.4) is 0 Å². The van der Waals surface area contributed by atoms with E-state index in [1.54, 1.807) is 6.07 Å². The van der Waals surface area contributed by atoms with E-state index in [2.05, 4.69) is 19.1 Å². The Kier molecular flexibility index (Phi) is 12.9. The smallest absolute Gasteiger partial charge is 0.308 e. The highest BCUT2D eigenvalue weighted by atomic mass is 16.6. The molecule has 4 nitrogen and oxygen atoms in total. The number of hydrogen-bond acceptors (Lipinski definition) is 4. The highest BCUT2D eigenvalue weighted by Crippen LogP contribution is 2.36. The van der Waals surface area contributed by atoms with Gasteiger partial charge in [-0.3, -0.25) is 4.79 Å². The summed E-state index contributed by atoms with van der Waals surface area (Å²) in [7, 11) is 1.51. The summed E-state index contributed by atoms with van der Waals surface area (Å²) in [4.78, 5) is 11.4. The Bertz CT molecular complexity index is 593. The number of esters is 1. The predicted octanol–water partition coefficient (Wildman–Crippen LogP) is 6.74. The molecule has 0 fully saturated rings. The van der Waals surface area contributed by atoms with Gasteiger partial charge < -0.3 is 14.6 Å². The first kappa shape index (κ1) is 24.1. The van der Waals surface area contributed by atoms with Crippen molar-refractivity contribution in [2.24, 2.45) is 0 Å². The number of carbonyl (C=O) groups excluding carboxylic acids is 1. The van der Waals surface area contributed by atoms with Crippen LogP contribution < -0.4 is 9.47 Å². The van der Waals surface area contributed by atoms with Crippen LogP contribution in [0.1, 0.15) is 90.0 Å². The largest absolute Gasteiger partial charge is 0.508 e. The van der Waals surface area contributed by atoms with E-state index in [1.807, 2.05) is 0 Å². The van der Waals surface area contributed by atoms with Crippen molar-refractivity contribution in [2.45, 2.75) is 90.9 Å².